The van der Waals surface area contributed by atoms with E-state index in [1.165, 1.54) is 54.0 Å². The lowest BCUT2D eigenvalue weighted by Gasteiger charge is -2.28. The van der Waals surface area contributed by atoms with E-state index < -0.39 is 35.1 Å². The van der Waals surface area contributed by atoms with Gasteiger partial charge in [-0.1, -0.05) is 11.3 Å². The molecule has 3 aromatic heterocycles. The van der Waals surface area contributed by atoms with Crippen LogP contribution in [0.15, 0.2) is 40.2 Å². The molecule has 3 heterocycles. The summed E-state index contributed by atoms with van der Waals surface area (Å²) < 4.78 is 28.0. The van der Waals surface area contributed by atoms with Crippen molar-refractivity contribution in [3.8, 4) is 10.8 Å². The molecule has 2 atom stereocenters. The SMILES string of the molecule is COc1ccc(F)cc1[C@H](Cn1c(=O)n(C(C)C(=O)NC2CCC2)c(=O)c2c(C)c(-n3nccn3)sc21)OCCO. The number of ether oxygens (including phenoxy) is 2. The van der Waals surface area contributed by atoms with Crippen LogP contribution in [-0.2, 0) is 16.1 Å². The predicted molar refractivity (Wildman–Crippen MR) is 149 cm³/mol. The molecule has 0 bridgehead atoms. The number of nitrogens with zero attached hydrogens (tertiary/aromatic N) is 5. The van der Waals surface area contributed by atoms with E-state index >= 15 is 0 Å². The highest BCUT2D eigenvalue weighted by molar-refractivity contribution is 7.21. The van der Waals surface area contributed by atoms with Crippen molar-refractivity contribution in [2.45, 2.75) is 57.8 Å². The number of carbonyl (C=O) groups excluding carboxylic acids is 1. The van der Waals surface area contributed by atoms with Gasteiger partial charge in [-0.25, -0.2) is 13.8 Å². The van der Waals surface area contributed by atoms with Crippen LogP contribution in [-0.4, -0.2) is 61.5 Å². The summed E-state index contributed by atoms with van der Waals surface area (Å²) in [7, 11) is 1.43. The summed E-state index contributed by atoms with van der Waals surface area (Å²) in [5, 5.41) is 21.5. The number of aryl methyl sites for hydroxylation is 1. The molecule has 12 nitrogen and oxygen atoms in total. The lowest BCUT2D eigenvalue weighted by atomic mass is 9.93. The zero-order valence-corrected chi connectivity index (χ0v) is 23.7. The molecule has 1 aliphatic rings. The fourth-order valence-electron chi connectivity index (χ4n) is 4.92. The average molecular weight is 587 g/mol. The van der Waals surface area contributed by atoms with Gasteiger partial charge in [0.15, 0.2) is 0 Å². The van der Waals surface area contributed by atoms with Gasteiger partial charge in [0.1, 0.15) is 33.5 Å². The molecule has 2 N–H and O–H groups in total. The van der Waals surface area contributed by atoms with Crippen molar-refractivity contribution in [2.24, 2.45) is 0 Å². The van der Waals surface area contributed by atoms with Gasteiger partial charge >= 0.3 is 5.69 Å². The van der Waals surface area contributed by atoms with Crippen molar-refractivity contribution >= 4 is 27.5 Å². The van der Waals surface area contributed by atoms with E-state index in [4.69, 9.17) is 9.47 Å². The number of aliphatic hydroxyl groups is 1. The highest BCUT2D eigenvalue weighted by atomic mass is 32.1. The summed E-state index contributed by atoms with van der Waals surface area (Å²) in [6.45, 7) is 2.66. The van der Waals surface area contributed by atoms with E-state index in [0.717, 1.165) is 35.2 Å². The smallest absolute Gasteiger partial charge is 0.332 e. The normalized spacial score (nSPS) is 15.0. The topological polar surface area (TPSA) is 142 Å². The highest BCUT2D eigenvalue weighted by Crippen LogP contribution is 2.34. The van der Waals surface area contributed by atoms with Crippen molar-refractivity contribution in [1.82, 2.24) is 29.4 Å². The zero-order valence-electron chi connectivity index (χ0n) is 22.9. The van der Waals surface area contributed by atoms with Gasteiger partial charge < -0.3 is 19.9 Å². The first-order chi connectivity index (χ1) is 19.7. The minimum atomic E-state index is -1.10. The zero-order chi connectivity index (χ0) is 29.3. The average Bonchev–Trinajstić information content (AvgIpc) is 3.58. The summed E-state index contributed by atoms with van der Waals surface area (Å²) in [5.41, 5.74) is -0.484. The van der Waals surface area contributed by atoms with Gasteiger partial charge in [0.2, 0.25) is 5.91 Å². The summed E-state index contributed by atoms with van der Waals surface area (Å²) >= 11 is 1.14. The number of aromatic nitrogens is 5. The van der Waals surface area contributed by atoms with Gasteiger partial charge in [0, 0.05) is 17.2 Å². The molecule has 1 fully saturated rings. The van der Waals surface area contributed by atoms with Crippen LogP contribution in [0.1, 0.15) is 49.5 Å². The van der Waals surface area contributed by atoms with Crippen LogP contribution in [0.3, 0.4) is 0 Å². The number of halogens is 1. The molecule has 0 spiro atoms. The van der Waals surface area contributed by atoms with E-state index in [-0.39, 0.29) is 31.2 Å². The molecule has 0 aliphatic heterocycles. The fourth-order valence-corrected chi connectivity index (χ4v) is 6.14. The van der Waals surface area contributed by atoms with Gasteiger partial charge in [-0.05, 0) is 51.3 Å². The Morgan fingerprint density at radius 2 is 2.00 bits per heavy atom. The molecular weight excluding hydrogens is 555 g/mol. The van der Waals surface area contributed by atoms with Gasteiger partial charge in [-0.15, -0.1) is 4.80 Å². The lowest BCUT2D eigenvalue weighted by Crippen LogP contribution is -2.49. The molecule has 1 amide bonds. The number of nitrogens with one attached hydrogen (secondary N) is 1. The first-order valence-electron chi connectivity index (χ1n) is 13.3. The molecule has 1 aliphatic carbocycles. The van der Waals surface area contributed by atoms with E-state index in [0.29, 0.717) is 26.7 Å². The van der Waals surface area contributed by atoms with E-state index in [1.54, 1.807) is 6.92 Å². The second kappa shape index (κ2) is 11.9. The molecule has 4 aromatic rings. The molecule has 218 valence electrons. The highest BCUT2D eigenvalue weighted by Gasteiger charge is 2.30. The molecule has 0 radical (unpaired) electrons. The molecule has 14 heteroatoms. The van der Waals surface area contributed by atoms with Crippen molar-refractivity contribution in [3.63, 3.8) is 0 Å². The van der Waals surface area contributed by atoms with E-state index in [1.807, 2.05) is 0 Å². The molecule has 1 saturated carbocycles. The van der Waals surface area contributed by atoms with E-state index in [9.17, 15) is 23.9 Å². The van der Waals surface area contributed by atoms with Crippen molar-refractivity contribution in [3.05, 3.63) is 68.4 Å². The maximum absolute atomic E-state index is 14.4. The first-order valence-corrected chi connectivity index (χ1v) is 14.1. The maximum atomic E-state index is 14.4. The van der Waals surface area contributed by atoms with Crippen molar-refractivity contribution in [2.75, 3.05) is 20.3 Å². The van der Waals surface area contributed by atoms with Crippen LogP contribution < -0.4 is 21.3 Å². The lowest BCUT2D eigenvalue weighted by molar-refractivity contribution is -0.125. The monoisotopic (exact) mass is 586 g/mol. The molecular formula is C27H31FN6O6S. The van der Waals surface area contributed by atoms with Gasteiger partial charge in [0.05, 0.1) is 44.6 Å². The number of methoxy groups -OCH3 is 1. The number of hydrogen-bond donors (Lipinski definition) is 2. The third-order valence-electron chi connectivity index (χ3n) is 7.33. The predicted octanol–water partition coefficient (Wildman–Crippen LogP) is 2.24. The second-order valence-electron chi connectivity index (χ2n) is 9.88. The quantitative estimate of drug-likeness (QED) is 0.273. The summed E-state index contributed by atoms with van der Waals surface area (Å²) in [6, 6.07) is 2.85. The van der Waals surface area contributed by atoms with Crippen LogP contribution in [0.4, 0.5) is 4.39 Å². The van der Waals surface area contributed by atoms with Crippen LogP contribution in [0.25, 0.3) is 15.2 Å². The number of rotatable bonds is 11. The fraction of sp³-hybridized carbons (Fsp3) is 0.444. The Bertz CT molecular complexity index is 1680. The van der Waals surface area contributed by atoms with Crippen molar-refractivity contribution < 1.29 is 23.8 Å². The maximum Gasteiger partial charge on any atom is 0.332 e. The number of amides is 1. The summed E-state index contributed by atoms with van der Waals surface area (Å²) in [5.74, 6) is -0.647. The summed E-state index contributed by atoms with van der Waals surface area (Å²) in [4.78, 5) is 42.8. The Morgan fingerprint density at radius 1 is 1.27 bits per heavy atom. The van der Waals surface area contributed by atoms with Crippen LogP contribution in [0.5, 0.6) is 5.75 Å². The number of fused-ring (bicyclic) bond motifs is 1. The van der Waals surface area contributed by atoms with Crippen LogP contribution in [0.2, 0.25) is 0 Å². The number of aliphatic hydroxyl groups excluding tert-OH is 1. The number of hydrogen-bond acceptors (Lipinski definition) is 9. The second-order valence-corrected chi connectivity index (χ2v) is 10.9. The number of thiophene rings is 1. The molecule has 0 saturated heterocycles. The Hall–Kier alpha value is -3.88. The summed E-state index contributed by atoms with van der Waals surface area (Å²) in [6.07, 6.45) is 4.75. The largest absolute Gasteiger partial charge is 0.496 e. The molecule has 5 rings (SSSR count). The minimum absolute atomic E-state index is 0.0173. The Labute approximate surface area is 237 Å². The number of carbonyl (C=O) groups is 1. The van der Waals surface area contributed by atoms with E-state index in [2.05, 4.69) is 15.5 Å². The Balaban J connectivity index is 1.71. The van der Waals surface area contributed by atoms with Gasteiger partial charge in [0.25, 0.3) is 5.56 Å². The van der Waals surface area contributed by atoms with Crippen LogP contribution in [0, 0.1) is 12.7 Å². The van der Waals surface area contributed by atoms with Crippen LogP contribution >= 0.6 is 11.3 Å². The molecule has 1 aromatic carbocycles. The van der Waals surface area contributed by atoms with Gasteiger partial charge in [-0.3, -0.25) is 14.2 Å². The first kappa shape index (κ1) is 28.6. The molecule has 1 unspecified atom stereocenters. The standard InChI is InChI=1S/C27H31FN6O6S/c1-15-22-24(37)33(16(2)23(36)31-18-5-4-6-18)27(38)32(26(22)41-25(15)34-29-9-10-30-34)14-21(40-12-11-35)19-13-17(28)7-8-20(19)39-3/h7-10,13,16,18,21,35H,4-6,11-12,14H2,1-3H3,(H,31,36)/t16?,21-/m0/s1. The Morgan fingerprint density at radius 3 is 2.63 bits per heavy atom. The third kappa shape index (κ3) is 5.42. The minimum Gasteiger partial charge on any atom is -0.496 e. The molecule has 41 heavy (non-hydrogen) atoms. The van der Waals surface area contributed by atoms with Gasteiger partial charge in [-0.2, -0.15) is 10.2 Å². The Kier molecular flexibility index (Phi) is 8.33. The third-order valence-corrected chi connectivity index (χ3v) is 8.61. The van der Waals surface area contributed by atoms with Crippen molar-refractivity contribution in [1.29, 1.82) is 0 Å². The number of benzene rings is 1.